The Morgan fingerprint density at radius 1 is 1.03 bits per heavy atom. The Morgan fingerprint density at radius 3 is 2.28 bits per heavy atom. The van der Waals surface area contributed by atoms with Crippen LogP contribution in [0.5, 0.6) is 0 Å². The fourth-order valence-corrected chi connectivity index (χ4v) is 3.42. The highest BCUT2D eigenvalue weighted by Gasteiger charge is 2.25. The summed E-state index contributed by atoms with van der Waals surface area (Å²) in [6.07, 6.45) is -0.298. The molecular weight excluding hydrogens is 418 g/mol. The predicted octanol–water partition coefficient (Wildman–Crippen LogP) is 2.87. The number of benzene rings is 2. The Balaban J connectivity index is 1.91. The molecule has 0 aromatic heterocycles. The Kier molecular flexibility index (Phi) is 10.2. The summed E-state index contributed by atoms with van der Waals surface area (Å²) < 4.78 is 32.5. The lowest BCUT2D eigenvalue weighted by Crippen LogP contribution is -2.48. The number of ether oxygens (including phenoxy) is 1. The first-order valence-corrected chi connectivity index (χ1v) is 10.6. The molecule has 3 N–H and O–H groups in total. The topological polar surface area (TPSA) is 87.7 Å². The summed E-state index contributed by atoms with van der Waals surface area (Å²) in [5.41, 5.74) is 1.27. The van der Waals surface area contributed by atoms with Crippen molar-refractivity contribution in [3.8, 4) is 0 Å². The zero-order valence-electron chi connectivity index (χ0n) is 18.3. The van der Waals surface area contributed by atoms with Gasteiger partial charge in [0.1, 0.15) is 18.2 Å². The van der Waals surface area contributed by atoms with E-state index in [1.807, 2.05) is 37.3 Å². The van der Waals surface area contributed by atoms with Gasteiger partial charge in [-0.15, -0.1) is 0 Å². The molecule has 6 nitrogen and oxygen atoms in total. The van der Waals surface area contributed by atoms with Crippen molar-refractivity contribution in [2.75, 3.05) is 6.61 Å². The van der Waals surface area contributed by atoms with E-state index in [2.05, 4.69) is 10.6 Å². The number of carbonyl (C=O) groups is 2. The number of hydrogen-bond acceptors (Lipinski definition) is 4. The number of nitrogens with one attached hydrogen (secondary N) is 2. The lowest BCUT2D eigenvalue weighted by atomic mass is 9.95. The van der Waals surface area contributed by atoms with Crippen LogP contribution in [0.25, 0.3) is 0 Å². The average molecular weight is 449 g/mol. The third-order valence-electron chi connectivity index (χ3n) is 4.96. The van der Waals surface area contributed by atoms with Gasteiger partial charge in [0.15, 0.2) is 0 Å². The van der Waals surface area contributed by atoms with Gasteiger partial charge in [0, 0.05) is 19.0 Å². The normalized spacial score (nSPS) is 13.8. The second kappa shape index (κ2) is 12.9. The van der Waals surface area contributed by atoms with Crippen molar-refractivity contribution in [1.82, 2.24) is 10.6 Å². The molecule has 174 valence electrons. The van der Waals surface area contributed by atoms with Gasteiger partial charge in [0.05, 0.1) is 18.8 Å². The van der Waals surface area contributed by atoms with E-state index in [-0.39, 0.29) is 37.3 Å². The second-order valence-electron chi connectivity index (χ2n) is 7.74. The average Bonchev–Trinajstić information content (AvgIpc) is 2.72. The van der Waals surface area contributed by atoms with Crippen LogP contribution in [-0.4, -0.2) is 41.7 Å². The summed E-state index contributed by atoms with van der Waals surface area (Å²) in [4.78, 5) is 23.8. The van der Waals surface area contributed by atoms with Gasteiger partial charge >= 0.3 is 0 Å². The molecule has 0 spiro atoms. The highest BCUT2D eigenvalue weighted by atomic mass is 19.1. The van der Waals surface area contributed by atoms with Gasteiger partial charge in [-0.2, -0.15) is 0 Å². The summed E-state index contributed by atoms with van der Waals surface area (Å²) >= 11 is 0. The Morgan fingerprint density at radius 2 is 1.69 bits per heavy atom. The van der Waals surface area contributed by atoms with Gasteiger partial charge in [0.25, 0.3) is 0 Å². The van der Waals surface area contributed by atoms with E-state index >= 15 is 0 Å². The van der Waals surface area contributed by atoms with Crippen LogP contribution in [0.4, 0.5) is 8.78 Å². The fraction of sp³-hybridized carbons (Fsp3) is 0.417. The van der Waals surface area contributed by atoms with Crippen molar-refractivity contribution >= 4 is 11.8 Å². The Labute approximate surface area is 187 Å². The van der Waals surface area contributed by atoms with Crippen LogP contribution in [0.15, 0.2) is 48.5 Å². The molecule has 0 heterocycles. The first kappa shape index (κ1) is 25.4. The van der Waals surface area contributed by atoms with Crippen molar-refractivity contribution < 1.29 is 28.2 Å². The molecule has 2 aromatic carbocycles. The Bertz CT molecular complexity index is 859. The van der Waals surface area contributed by atoms with E-state index in [1.165, 1.54) is 6.92 Å². The van der Waals surface area contributed by atoms with E-state index in [0.29, 0.717) is 18.6 Å². The molecular formula is C24H30F2N2O4. The lowest BCUT2D eigenvalue weighted by Gasteiger charge is -2.27. The molecule has 0 aliphatic rings. The SMILES string of the molecule is CCC(C[C@H](O)[C@H](Cc1cc(F)cc(F)c1)NC(C)=O)NC(=O)COCc1ccccc1. The van der Waals surface area contributed by atoms with E-state index < -0.39 is 23.8 Å². The van der Waals surface area contributed by atoms with Gasteiger partial charge < -0.3 is 20.5 Å². The third kappa shape index (κ3) is 9.11. The van der Waals surface area contributed by atoms with E-state index in [4.69, 9.17) is 4.74 Å². The minimum absolute atomic E-state index is 0.0417. The van der Waals surface area contributed by atoms with Crippen molar-refractivity contribution in [2.24, 2.45) is 0 Å². The minimum atomic E-state index is -1.04. The molecule has 0 saturated carbocycles. The summed E-state index contributed by atoms with van der Waals surface area (Å²) in [5.74, 6) is -2.16. The quantitative estimate of drug-likeness (QED) is 0.466. The van der Waals surface area contributed by atoms with Crippen LogP contribution in [0.1, 0.15) is 37.8 Å². The zero-order valence-corrected chi connectivity index (χ0v) is 18.3. The second-order valence-corrected chi connectivity index (χ2v) is 7.74. The van der Waals surface area contributed by atoms with Crippen LogP contribution in [0.2, 0.25) is 0 Å². The van der Waals surface area contributed by atoms with Crippen molar-refractivity contribution in [3.05, 3.63) is 71.3 Å². The summed E-state index contributed by atoms with van der Waals surface area (Å²) in [5, 5.41) is 16.2. The number of hydrogen-bond donors (Lipinski definition) is 3. The van der Waals surface area contributed by atoms with E-state index in [9.17, 15) is 23.5 Å². The Hall–Kier alpha value is -2.84. The van der Waals surface area contributed by atoms with Crippen molar-refractivity contribution in [1.29, 1.82) is 0 Å². The maximum atomic E-state index is 13.5. The van der Waals surface area contributed by atoms with E-state index in [0.717, 1.165) is 23.8 Å². The van der Waals surface area contributed by atoms with Crippen LogP contribution in [-0.2, 0) is 27.4 Å². The number of aliphatic hydroxyl groups is 1. The number of carbonyl (C=O) groups excluding carboxylic acids is 2. The number of aliphatic hydroxyl groups excluding tert-OH is 1. The smallest absolute Gasteiger partial charge is 0.246 e. The molecule has 0 aliphatic carbocycles. The lowest BCUT2D eigenvalue weighted by molar-refractivity contribution is -0.127. The molecule has 0 aliphatic heterocycles. The van der Waals surface area contributed by atoms with Gasteiger partial charge in [-0.25, -0.2) is 8.78 Å². The first-order chi connectivity index (χ1) is 15.3. The molecule has 0 radical (unpaired) electrons. The number of rotatable bonds is 12. The molecule has 32 heavy (non-hydrogen) atoms. The molecule has 1 unspecified atom stereocenters. The summed E-state index contributed by atoms with van der Waals surface area (Å²) in [6, 6.07) is 11.4. The molecule has 3 atom stereocenters. The highest BCUT2D eigenvalue weighted by molar-refractivity contribution is 5.77. The maximum Gasteiger partial charge on any atom is 0.246 e. The van der Waals surface area contributed by atoms with Crippen LogP contribution in [0.3, 0.4) is 0 Å². The zero-order chi connectivity index (χ0) is 23.5. The molecule has 2 rings (SSSR count). The van der Waals surface area contributed by atoms with Gasteiger partial charge in [0.2, 0.25) is 11.8 Å². The van der Waals surface area contributed by atoms with Gasteiger partial charge in [-0.3, -0.25) is 9.59 Å². The van der Waals surface area contributed by atoms with Crippen LogP contribution < -0.4 is 10.6 Å². The molecule has 0 saturated heterocycles. The summed E-state index contributed by atoms with van der Waals surface area (Å²) in [7, 11) is 0. The van der Waals surface area contributed by atoms with Gasteiger partial charge in [-0.1, -0.05) is 37.3 Å². The molecule has 0 bridgehead atoms. The van der Waals surface area contributed by atoms with Gasteiger partial charge in [-0.05, 0) is 42.5 Å². The molecule has 2 aromatic rings. The molecule has 8 heteroatoms. The first-order valence-electron chi connectivity index (χ1n) is 10.6. The van der Waals surface area contributed by atoms with Crippen molar-refractivity contribution in [2.45, 2.75) is 57.9 Å². The largest absolute Gasteiger partial charge is 0.391 e. The molecule has 2 amide bonds. The molecule has 0 fully saturated rings. The van der Waals surface area contributed by atoms with Crippen LogP contribution in [0, 0.1) is 11.6 Å². The number of halogens is 2. The third-order valence-corrected chi connectivity index (χ3v) is 4.96. The highest BCUT2D eigenvalue weighted by Crippen LogP contribution is 2.15. The van der Waals surface area contributed by atoms with Crippen LogP contribution >= 0.6 is 0 Å². The van der Waals surface area contributed by atoms with Crippen molar-refractivity contribution in [3.63, 3.8) is 0 Å². The monoisotopic (exact) mass is 448 g/mol. The maximum absolute atomic E-state index is 13.5. The minimum Gasteiger partial charge on any atom is -0.391 e. The summed E-state index contributed by atoms with van der Waals surface area (Å²) in [6.45, 7) is 3.34. The predicted molar refractivity (Wildman–Crippen MR) is 117 cm³/mol. The van der Waals surface area contributed by atoms with E-state index in [1.54, 1.807) is 0 Å². The standard InChI is InChI=1S/C24H30F2N2O4/c1-3-21(28-24(31)15-32-14-17-7-5-4-6-8-17)13-23(30)22(27-16(2)29)11-18-9-19(25)12-20(26)10-18/h4-10,12,21-23,30H,3,11,13-15H2,1-2H3,(H,27,29)(H,28,31)/t21?,22-,23-/m0/s1. The fourth-order valence-electron chi connectivity index (χ4n) is 3.42. The number of amides is 2.